The number of amides is 5. The summed E-state index contributed by atoms with van der Waals surface area (Å²) in [6, 6.07) is 12.4. The maximum atomic E-state index is 15.1. The topological polar surface area (TPSA) is 143 Å². The van der Waals surface area contributed by atoms with Crippen molar-refractivity contribution in [3.63, 3.8) is 0 Å². The van der Waals surface area contributed by atoms with Gasteiger partial charge in [0.15, 0.2) is 0 Å². The number of piperidine rings is 1. The predicted molar refractivity (Wildman–Crippen MR) is 148 cm³/mol. The van der Waals surface area contributed by atoms with E-state index in [4.69, 9.17) is 10.2 Å². The van der Waals surface area contributed by atoms with Gasteiger partial charge in [0.2, 0.25) is 11.8 Å². The lowest BCUT2D eigenvalue weighted by Crippen LogP contribution is -2.54. The van der Waals surface area contributed by atoms with Crippen LogP contribution in [0.25, 0.3) is 22.3 Å². The summed E-state index contributed by atoms with van der Waals surface area (Å²) in [6.07, 6.45) is -0.0000120. The molecule has 6 rings (SSSR count). The number of benzene rings is 3. The van der Waals surface area contributed by atoms with Gasteiger partial charge in [-0.1, -0.05) is 24.3 Å². The number of halogens is 2. The number of imide groups is 2. The van der Waals surface area contributed by atoms with E-state index in [0.29, 0.717) is 23.3 Å². The molecule has 0 spiro atoms. The van der Waals surface area contributed by atoms with E-state index in [-0.39, 0.29) is 47.2 Å². The highest BCUT2D eigenvalue weighted by atomic mass is 19.1. The van der Waals surface area contributed by atoms with Crippen LogP contribution in [0.1, 0.15) is 55.0 Å². The van der Waals surface area contributed by atoms with Gasteiger partial charge < -0.3 is 10.2 Å². The number of furan rings is 1. The monoisotopic (exact) mass is 586 g/mol. The van der Waals surface area contributed by atoms with Gasteiger partial charge in [0, 0.05) is 36.0 Å². The number of hydrogen-bond acceptors (Lipinski definition) is 7. The van der Waals surface area contributed by atoms with Crippen molar-refractivity contribution < 1.29 is 37.2 Å². The van der Waals surface area contributed by atoms with Crippen molar-refractivity contribution >= 4 is 40.5 Å². The predicted octanol–water partition coefficient (Wildman–Crippen LogP) is 3.51. The van der Waals surface area contributed by atoms with E-state index in [0.717, 1.165) is 22.6 Å². The second-order valence-corrected chi connectivity index (χ2v) is 10.7. The highest BCUT2D eigenvalue weighted by Crippen LogP contribution is 2.32. The summed E-state index contributed by atoms with van der Waals surface area (Å²) in [7, 11) is 1.77. The smallest absolute Gasteiger partial charge is 0.262 e. The maximum absolute atomic E-state index is 15.1. The lowest BCUT2D eigenvalue weighted by molar-refractivity contribution is -0.136. The van der Waals surface area contributed by atoms with Crippen LogP contribution in [0.5, 0.6) is 0 Å². The fraction of sp³-hybridized carbons (Fsp3) is 0.194. The van der Waals surface area contributed by atoms with Crippen LogP contribution < -0.4 is 11.1 Å². The third kappa shape index (κ3) is 5.06. The normalized spacial score (nSPS) is 16.7. The molecule has 1 unspecified atom stereocenters. The summed E-state index contributed by atoms with van der Waals surface area (Å²) in [5, 5.41) is 2.54. The first-order valence-corrected chi connectivity index (χ1v) is 13.3. The van der Waals surface area contributed by atoms with E-state index >= 15 is 4.39 Å². The van der Waals surface area contributed by atoms with Crippen LogP contribution in [-0.4, -0.2) is 52.4 Å². The molecular weight excluding hydrogens is 562 g/mol. The summed E-state index contributed by atoms with van der Waals surface area (Å²) in [5.41, 5.74) is 7.16. The highest BCUT2D eigenvalue weighted by Gasteiger charge is 2.45. The molecule has 10 nitrogen and oxygen atoms in total. The zero-order valence-corrected chi connectivity index (χ0v) is 22.8. The summed E-state index contributed by atoms with van der Waals surface area (Å²) in [6.45, 7) is 0.523. The average Bonchev–Trinajstić information content (AvgIpc) is 3.47. The molecule has 4 aromatic rings. The lowest BCUT2D eigenvalue weighted by Gasteiger charge is -2.27. The van der Waals surface area contributed by atoms with E-state index in [2.05, 4.69) is 5.32 Å². The van der Waals surface area contributed by atoms with Crippen molar-refractivity contribution in [1.29, 1.82) is 0 Å². The van der Waals surface area contributed by atoms with E-state index in [1.807, 2.05) is 17.0 Å². The summed E-state index contributed by atoms with van der Waals surface area (Å²) >= 11 is 0. The molecule has 2 aliphatic rings. The van der Waals surface area contributed by atoms with Gasteiger partial charge in [0.1, 0.15) is 29.0 Å². The maximum Gasteiger partial charge on any atom is 0.262 e. The van der Waals surface area contributed by atoms with Crippen molar-refractivity contribution in [2.75, 3.05) is 7.05 Å². The molecule has 0 radical (unpaired) electrons. The second kappa shape index (κ2) is 10.6. The molecule has 3 heterocycles. The van der Waals surface area contributed by atoms with Crippen molar-refractivity contribution in [2.24, 2.45) is 5.73 Å². The zero-order valence-electron chi connectivity index (χ0n) is 22.8. The molecule has 0 bridgehead atoms. The minimum absolute atomic E-state index is 0.00839. The molecule has 2 aliphatic heterocycles. The Morgan fingerprint density at radius 1 is 1.00 bits per heavy atom. The Labute approximate surface area is 243 Å². The van der Waals surface area contributed by atoms with Gasteiger partial charge in [-0.25, -0.2) is 8.78 Å². The van der Waals surface area contributed by atoms with Crippen molar-refractivity contribution in [3.05, 3.63) is 94.0 Å². The van der Waals surface area contributed by atoms with Gasteiger partial charge >= 0.3 is 0 Å². The number of fused-ring (bicyclic) bond motifs is 2. The second-order valence-electron chi connectivity index (χ2n) is 10.7. The minimum atomic E-state index is -1.13. The largest absolute Gasteiger partial charge is 0.455 e. The van der Waals surface area contributed by atoms with Crippen molar-refractivity contribution in [2.45, 2.75) is 32.0 Å². The number of primary amides is 1. The molecule has 43 heavy (non-hydrogen) atoms. The minimum Gasteiger partial charge on any atom is -0.455 e. The molecule has 1 saturated heterocycles. The molecule has 1 atom stereocenters. The third-order valence-corrected chi connectivity index (χ3v) is 7.58. The zero-order chi connectivity index (χ0) is 30.6. The van der Waals surface area contributed by atoms with Gasteiger partial charge in [-0.05, 0) is 49.4 Å². The molecule has 0 aliphatic carbocycles. The van der Waals surface area contributed by atoms with Gasteiger partial charge in [-0.15, -0.1) is 0 Å². The molecule has 3 N–H and O–H groups in total. The average molecular weight is 587 g/mol. The van der Waals surface area contributed by atoms with Crippen LogP contribution in [0.2, 0.25) is 0 Å². The first-order chi connectivity index (χ1) is 20.5. The molecule has 3 aromatic carbocycles. The molecule has 1 fully saturated rings. The van der Waals surface area contributed by atoms with Crippen LogP contribution in [0.4, 0.5) is 8.78 Å². The van der Waals surface area contributed by atoms with Crippen molar-refractivity contribution in [1.82, 2.24) is 15.1 Å². The third-order valence-electron chi connectivity index (χ3n) is 7.58. The van der Waals surface area contributed by atoms with Crippen molar-refractivity contribution in [3.8, 4) is 11.3 Å². The number of nitrogens with one attached hydrogen (secondary N) is 1. The Morgan fingerprint density at radius 2 is 1.70 bits per heavy atom. The lowest BCUT2D eigenvalue weighted by atomic mass is 10.0. The van der Waals surface area contributed by atoms with E-state index in [1.165, 1.54) is 12.1 Å². The van der Waals surface area contributed by atoms with Crippen LogP contribution >= 0.6 is 0 Å². The number of carbonyl (C=O) groups is 5. The van der Waals surface area contributed by atoms with Gasteiger partial charge in [-0.2, -0.15) is 0 Å². The van der Waals surface area contributed by atoms with E-state index < -0.39 is 47.2 Å². The first-order valence-electron chi connectivity index (χ1n) is 13.3. The Bertz CT molecular complexity index is 1870. The molecule has 1 aromatic heterocycles. The SMILES string of the molecule is CN(Cc1ccc(-c2cc3cc(F)cc(C(N)=O)c3o2)cc1)Cc1cc2c(cc1F)C(=O)N(C1CCC(=O)NC1=O)C2=O. The number of nitrogens with zero attached hydrogens (tertiary/aromatic N) is 2. The molecule has 12 heteroatoms. The number of rotatable bonds is 7. The molecular formula is C31H24F2N4O6. The number of nitrogens with two attached hydrogens (primary N) is 1. The van der Waals surface area contributed by atoms with Crippen LogP contribution in [0.15, 0.2) is 59.0 Å². The summed E-state index contributed by atoms with van der Waals surface area (Å²) in [4.78, 5) is 64.1. The van der Waals surface area contributed by atoms with E-state index in [1.54, 1.807) is 25.2 Å². The molecule has 218 valence electrons. The van der Waals surface area contributed by atoms with Gasteiger partial charge in [0.05, 0.1) is 16.7 Å². The fourth-order valence-electron chi connectivity index (χ4n) is 5.53. The number of carbonyl (C=O) groups excluding carboxylic acids is 5. The Hall–Kier alpha value is -5.23. The Morgan fingerprint density at radius 3 is 2.37 bits per heavy atom. The van der Waals surface area contributed by atoms with Gasteiger partial charge in [0.25, 0.3) is 17.7 Å². The molecule has 0 saturated carbocycles. The Balaban J connectivity index is 1.16. The summed E-state index contributed by atoms with van der Waals surface area (Å²) < 4.78 is 34.8. The van der Waals surface area contributed by atoms with E-state index in [9.17, 15) is 28.4 Å². The Kier molecular flexibility index (Phi) is 6.85. The standard InChI is InChI=1S/C31H24F2N4O6/c1-36(13-15-2-4-16(5-3-15)25-10-17-8-19(32)11-22(28(34)39)27(17)43-25)14-18-9-20-21(12-23(18)33)31(42)37(30(20)41)24-6-7-26(38)35-29(24)40/h2-5,8-12,24H,6-7,13-14H2,1H3,(H2,34,39)(H,35,38,40). The van der Waals surface area contributed by atoms with Crippen LogP contribution in [0.3, 0.4) is 0 Å². The van der Waals surface area contributed by atoms with Gasteiger partial charge in [-0.3, -0.25) is 39.1 Å². The fourth-order valence-corrected chi connectivity index (χ4v) is 5.53. The van der Waals surface area contributed by atoms with Crippen LogP contribution in [0, 0.1) is 11.6 Å². The first kappa shape index (κ1) is 27.9. The number of hydrogen-bond donors (Lipinski definition) is 2. The highest BCUT2D eigenvalue weighted by molar-refractivity contribution is 6.23. The summed E-state index contributed by atoms with van der Waals surface area (Å²) in [5.74, 6) is -4.33. The van der Waals surface area contributed by atoms with Crippen LogP contribution in [-0.2, 0) is 22.7 Å². The quantitative estimate of drug-likeness (QED) is 0.316. The molecule has 5 amide bonds.